The lowest BCUT2D eigenvalue weighted by atomic mass is 10.1. The Morgan fingerprint density at radius 1 is 1.44 bits per heavy atom. The Balaban J connectivity index is 2.06. The fraction of sp³-hybridized carbons (Fsp3) is 0.250. The zero-order valence-electron chi connectivity index (χ0n) is 13.4. The molecule has 3 N–H and O–H groups in total. The van der Waals surface area contributed by atoms with Gasteiger partial charge in [0.25, 0.3) is 5.91 Å². The Labute approximate surface area is 153 Å². The van der Waals surface area contributed by atoms with E-state index in [0.29, 0.717) is 28.6 Å². The molecule has 0 saturated heterocycles. The van der Waals surface area contributed by atoms with Crippen molar-refractivity contribution in [2.24, 2.45) is 5.73 Å². The standard InChI is InChI=1S/C16H16N4O3S2/c1-24-7-6-13(23-15(18)22)14(21)20-16-19-12(9-25-16)11-4-2-10(8-17)3-5-11/h2-5,9,13H,6-7H2,1H3,(H2,18,22)(H,19,20,21). The number of amides is 2. The number of hydrogen-bond donors (Lipinski definition) is 2. The van der Waals surface area contributed by atoms with Crippen molar-refractivity contribution in [3.63, 3.8) is 0 Å². The molecule has 2 rings (SSSR count). The van der Waals surface area contributed by atoms with Crippen LogP contribution in [0.15, 0.2) is 29.6 Å². The summed E-state index contributed by atoms with van der Waals surface area (Å²) >= 11 is 2.79. The van der Waals surface area contributed by atoms with Crippen molar-refractivity contribution >= 4 is 40.2 Å². The predicted octanol–water partition coefficient (Wildman–Crippen LogP) is 2.84. The van der Waals surface area contributed by atoms with E-state index >= 15 is 0 Å². The van der Waals surface area contributed by atoms with Gasteiger partial charge in [0.15, 0.2) is 11.2 Å². The third-order valence-corrected chi connectivity index (χ3v) is 4.58. The largest absolute Gasteiger partial charge is 0.436 e. The summed E-state index contributed by atoms with van der Waals surface area (Å²) in [7, 11) is 0. The third kappa shape index (κ3) is 5.48. The van der Waals surface area contributed by atoms with Crippen molar-refractivity contribution in [3.8, 4) is 17.3 Å². The van der Waals surface area contributed by atoms with Gasteiger partial charge >= 0.3 is 6.09 Å². The number of carbonyl (C=O) groups is 2. The molecule has 1 atom stereocenters. The second-order valence-corrected chi connectivity index (χ2v) is 6.77. The summed E-state index contributed by atoms with van der Waals surface area (Å²) in [5, 5.41) is 13.7. The lowest BCUT2D eigenvalue weighted by molar-refractivity contribution is -0.124. The van der Waals surface area contributed by atoms with E-state index in [-0.39, 0.29) is 0 Å². The molecule has 130 valence electrons. The molecule has 2 amide bonds. The molecule has 0 aliphatic rings. The van der Waals surface area contributed by atoms with Crippen LogP contribution in [0.25, 0.3) is 11.3 Å². The summed E-state index contributed by atoms with van der Waals surface area (Å²) in [5.74, 6) is 0.188. The van der Waals surface area contributed by atoms with E-state index in [2.05, 4.69) is 16.4 Å². The molecule has 1 heterocycles. The number of rotatable bonds is 7. The van der Waals surface area contributed by atoms with Gasteiger partial charge in [-0.15, -0.1) is 11.3 Å². The minimum absolute atomic E-state index is 0.365. The van der Waals surface area contributed by atoms with Gasteiger partial charge in [-0.3, -0.25) is 10.1 Å². The molecule has 0 spiro atoms. The smallest absolute Gasteiger partial charge is 0.405 e. The van der Waals surface area contributed by atoms with Crippen LogP contribution < -0.4 is 11.1 Å². The number of thiazole rings is 1. The van der Waals surface area contributed by atoms with Gasteiger partial charge in [0.05, 0.1) is 17.3 Å². The van der Waals surface area contributed by atoms with Gasteiger partial charge < -0.3 is 10.5 Å². The van der Waals surface area contributed by atoms with Crippen LogP contribution in [-0.2, 0) is 9.53 Å². The zero-order valence-corrected chi connectivity index (χ0v) is 15.0. The number of primary amides is 1. The molecule has 25 heavy (non-hydrogen) atoms. The molecule has 0 fully saturated rings. The number of carbonyl (C=O) groups excluding carboxylic acids is 2. The quantitative estimate of drug-likeness (QED) is 0.767. The van der Waals surface area contributed by atoms with E-state index in [9.17, 15) is 9.59 Å². The van der Waals surface area contributed by atoms with Crippen LogP contribution in [0.4, 0.5) is 9.93 Å². The number of anilines is 1. The minimum atomic E-state index is -0.987. The van der Waals surface area contributed by atoms with E-state index in [0.717, 1.165) is 5.56 Å². The molecule has 7 nitrogen and oxygen atoms in total. The maximum Gasteiger partial charge on any atom is 0.405 e. The first kappa shape index (κ1) is 18.8. The maximum absolute atomic E-state index is 12.3. The van der Waals surface area contributed by atoms with Crippen molar-refractivity contribution in [2.45, 2.75) is 12.5 Å². The highest BCUT2D eigenvalue weighted by Crippen LogP contribution is 2.25. The van der Waals surface area contributed by atoms with Gasteiger partial charge in [0.1, 0.15) is 0 Å². The summed E-state index contributed by atoms with van der Waals surface area (Å²) in [6.07, 6.45) is 0.319. The number of nitrogens with two attached hydrogens (primary N) is 1. The molecule has 1 unspecified atom stereocenters. The average Bonchev–Trinajstić information content (AvgIpc) is 3.06. The van der Waals surface area contributed by atoms with Crippen LogP contribution in [0.5, 0.6) is 0 Å². The lowest BCUT2D eigenvalue weighted by Crippen LogP contribution is -2.34. The van der Waals surface area contributed by atoms with Gasteiger partial charge in [0.2, 0.25) is 0 Å². The molecule has 0 aliphatic heterocycles. The maximum atomic E-state index is 12.3. The zero-order chi connectivity index (χ0) is 18.2. The van der Waals surface area contributed by atoms with Crippen LogP contribution in [0.2, 0.25) is 0 Å². The number of thioether (sulfide) groups is 1. The molecule has 0 radical (unpaired) electrons. The van der Waals surface area contributed by atoms with Gasteiger partial charge in [-0.25, -0.2) is 9.78 Å². The first-order chi connectivity index (χ1) is 12.0. The van der Waals surface area contributed by atoms with Crippen molar-refractivity contribution in [1.29, 1.82) is 5.26 Å². The number of benzene rings is 1. The van der Waals surface area contributed by atoms with Crippen molar-refractivity contribution in [1.82, 2.24) is 4.98 Å². The third-order valence-electron chi connectivity index (χ3n) is 3.18. The summed E-state index contributed by atoms with van der Waals surface area (Å²) < 4.78 is 4.86. The Morgan fingerprint density at radius 2 is 2.16 bits per heavy atom. The normalized spacial score (nSPS) is 11.4. The van der Waals surface area contributed by atoms with Crippen molar-refractivity contribution in [2.75, 3.05) is 17.3 Å². The highest BCUT2D eigenvalue weighted by Gasteiger charge is 2.22. The van der Waals surface area contributed by atoms with Crippen LogP contribution in [0, 0.1) is 11.3 Å². The summed E-state index contributed by atoms with van der Waals surface area (Å²) in [5.41, 5.74) is 7.10. The Hall–Kier alpha value is -2.57. The first-order valence-electron chi connectivity index (χ1n) is 7.25. The monoisotopic (exact) mass is 376 g/mol. The summed E-state index contributed by atoms with van der Waals surface area (Å²) in [6, 6.07) is 9.03. The van der Waals surface area contributed by atoms with Gasteiger partial charge in [-0.05, 0) is 24.1 Å². The molecule has 0 bridgehead atoms. The molecule has 9 heteroatoms. The van der Waals surface area contributed by atoms with Crippen LogP contribution in [-0.4, -0.2) is 35.1 Å². The van der Waals surface area contributed by atoms with Gasteiger partial charge in [0, 0.05) is 17.4 Å². The van der Waals surface area contributed by atoms with E-state index < -0.39 is 18.1 Å². The number of nitrogens with zero attached hydrogens (tertiary/aromatic N) is 2. The fourth-order valence-corrected chi connectivity index (χ4v) is 3.15. The van der Waals surface area contributed by atoms with Gasteiger partial charge in [-0.2, -0.15) is 17.0 Å². The number of ether oxygens (including phenoxy) is 1. The number of aromatic nitrogens is 1. The lowest BCUT2D eigenvalue weighted by Gasteiger charge is -2.14. The highest BCUT2D eigenvalue weighted by atomic mass is 32.2. The van der Waals surface area contributed by atoms with Crippen molar-refractivity contribution < 1.29 is 14.3 Å². The molecule has 0 saturated carbocycles. The Morgan fingerprint density at radius 3 is 2.76 bits per heavy atom. The molecule has 0 aliphatic carbocycles. The molecular formula is C16H16N4O3S2. The van der Waals surface area contributed by atoms with E-state index in [1.165, 1.54) is 23.1 Å². The second-order valence-electron chi connectivity index (χ2n) is 4.92. The van der Waals surface area contributed by atoms with Crippen molar-refractivity contribution in [3.05, 3.63) is 35.2 Å². The minimum Gasteiger partial charge on any atom is -0.436 e. The SMILES string of the molecule is CSCCC(OC(N)=O)C(=O)Nc1nc(-c2ccc(C#N)cc2)cs1. The molecular weight excluding hydrogens is 360 g/mol. The summed E-state index contributed by atoms with van der Waals surface area (Å²) in [4.78, 5) is 27.6. The second kappa shape index (κ2) is 9.05. The van der Waals surface area contributed by atoms with Crippen LogP contribution in [0.1, 0.15) is 12.0 Å². The first-order valence-corrected chi connectivity index (χ1v) is 9.52. The topological polar surface area (TPSA) is 118 Å². The Bertz CT molecular complexity index is 783. The van der Waals surface area contributed by atoms with E-state index in [1.54, 1.807) is 29.6 Å². The fourth-order valence-electron chi connectivity index (χ4n) is 1.97. The number of hydrogen-bond acceptors (Lipinski definition) is 7. The van der Waals surface area contributed by atoms with E-state index in [1.807, 2.05) is 6.26 Å². The van der Waals surface area contributed by atoms with Gasteiger partial charge in [-0.1, -0.05) is 12.1 Å². The Kier molecular flexibility index (Phi) is 6.80. The van der Waals surface area contributed by atoms with E-state index in [4.69, 9.17) is 15.7 Å². The number of nitriles is 1. The highest BCUT2D eigenvalue weighted by molar-refractivity contribution is 7.98. The molecule has 1 aromatic heterocycles. The molecule has 1 aromatic carbocycles. The molecule has 2 aromatic rings. The number of nitrogens with one attached hydrogen (secondary N) is 1. The predicted molar refractivity (Wildman–Crippen MR) is 98.4 cm³/mol. The van der Waals surface area contributed by atoms with Crippen LogP contribution in [0.3, 0.4) is 0 Å². The summed E-state index contributed by atoms with van der Waals surface area (Å²) in [6.45, 7) is 0. The van der Waals surface area contributed by atoms with Crippen LogP contribution >= 0.6 is 23.1 Å². The average molecular weight is 376 g/mol.